The second-order valence-electron chi connectivity index (χ2n) is 4.34. The van der Waals surface area contributed by atoms with Crippen LogP contribution < -0.4 is 10.1 Å². The molecule has 0 aliphatic carbocycles. The second kappa shape index (κ2) is 6.70. The molecule has 0 spiro atoms. The van der Waals surface area contributed by atoms with Gasteiger partial charge in [0.05, 0.1) is 12.8 Å². The van der Waals surface area contributed by atoms with Crippen molar-refractivity contribution >= 4 is 11.6 Å². The zero-order valence-corrected chi connectivity index (χ0v) is 11.2. The predicted octanol–water partition coefficient (Wildman–Crippen LogP) is 3.41. The summed E-state index contributed by atoms with van der Waals surface area (Å²) in [5, 5.41) is 2.76. The molecule has 0 aromatic heterocycles. The number of carbonyl (C=O) groups is 1. The molecule has 104 valence electrons. The summed E-state index contributed by atoms with van der Waals surface area (Å²) in [6.45, 7) is 0. The van der Waals surface area contributed by atoms with Gasteiger partial charge in [-0.1, -0.05) is 30.3 Å². The topological polar surface area (TPSA) is 38.3 Å². The molecule has 0 atom stereocenters. The van der Waals surface area contributed by atoms with Crippen LogP contribution in [0.3, 0.4) is 0 Å². The molecule has 0 aliphatic rings. The third-order valence-electron chi connectivity index (χ3n) is 2.96. The lowest BCUT2D eigenvalue weighted by atomic mass is 10.1. The Bertz CT molecular complexity index is 599. The maximum Gasteiger partial charge on any atom is 0.224 e. The molecule has 0 saturated carbocycles. The summed E-state index contributed by atoms with van der Waals surface area (Å²) in [4.78, 5) is 11.9. The van der Waals surface area contributed by atoms with Crippen molar-refractivity contribution in [2.75, 3.05) is 12.4 Å². The Hall–Kier alpha value is -2.36. The third-order valence-corrected chi connectivity index (χ3v) is 2.96. The van der Waals surface area contributed by atoms with Crippen molar-refractivity contribution in [2.24, 2.45) is 0 Å². The first-order chi connectivity index (χ1) is 9.70. The number of methoxy groups -OCH3 is 1. The van der Waals surface area contributed by atoms with Crippen LogP contribution in [0.5, 0.6) is 5.75 Å². The van der Waals surface area contributed by atoms with Crippen LogP contribution in [0, 0.1) is 5.82 Å². The molecule has 0 bridgehead atoms. The number of aryl methyl sites for hydroxylation is 1. The Kier molecular flexibility index (Phi) is 4.71. The zero-order valence-electron chi connectivity index (χ0n) is 11.2. The van der Waals surface area contributed by atoms with Gasteiger partial charge in [-0.2, -0.15) is 0 Å². The number of nitrogens with one attached hydrogen (secondary N) is 1. The van der Waals surface area contributed by atoms with Crippen LogP contribution in [0.1, 0.15) is 12.0 Å². The summed E-state index contributed by atoms with van der Waals surface area (Å²) in [5.74, 6) is 0.155. The number of hydrogen-bond donors (Lipinski definition) is 1. The Morgan fingerprint density at radius 1 is 1.15 bits per heavy atom. The minimum absolute atomic E-state index is 0.169. The molecule has 1 amide bonds. The summed E-state index contributed by atoms with van der Waals surface area (Å²) in [6, 6.07) is 13.7. The molecule has 2 rings (SSSR count). The number of carbonyl (C=O) groups excluding carboxylic acids is 1. The number of anilines is 1. The van der Waals surface area contributed by atoms with Gasteiger partial charge < -0.3 is 10.1 Å². The second-order valence-corrected chi connectivity index (χ2v) is 4.34. The van der Waals surface area contributed by atoms with E-state index < -0.39 is 0 Å². The molecule has 2 aromatic carbocycles. The van der Waals surface area contributed by atoms with Gasteiger partial charge in [-0.15, -0.1) is 0 Å². The minimum Gasteiger partial charge on any atom is -0.495 e. The predicted molar refractivity (Wildman–Crippen MR) is 76.3 cm³/mol. The van der Waals surface area contributed by atoms with Crippen molar-refractivity contribution in [3.63, 3.8) is 0 Å². The number of amides is 1. The van der Waals surface area contributed by atoms with Gasteiger partial charge in [-0.05, 0) is 30.2 Å². The van der Waals surface area contributed by atoms with E-state index >= 15 is 0 Å². The Morgan fingerprint density at radius 2 is 1.85 bits per heavy atom. The highest BCUT2D eigenvalue weighted by Crippen LogP contribution is 2.23. The highest BCUT2D eigenvalue weighted by Gasteiger charge is 2.08. The average molecular weight is 273 g/mol. The van der Waals surface area contributed by atoms with E-state index in [0.29, 0.717) is 23.4 Å². The smallest absolute Gasteiger partial charge is 0.224 e. The molecule has 0 heterocycles. The summed E-state index contributed by atoms with van der Waals surface area (Å²) in [5.41, 5.74) is 1.16. The molecular formula is C16H16FNO2. The first-order valence-electron chi connectivity index (χ1n) is 6.37. The van der Waals surface area contributed by atoms with E-state index in [9.17, 15) is 9.18 Å². The lowest BCUT2D eigenvalue weighted by molar-refractivity contribution is -0.116. The van der Waals surface area contributed by atoms with Crippen molar-refractivity contribution in [1.82, 2.24) is 0 Å². The van der Waals surface area contributed by atoms with E-state index in [1.54, 1.807) is 37.4 Å². The van der Waals surface area contributed by atoms with Gasteiger partial charge in [0, 0.05) is 6.42 Å². The Morgan fingerprint density at radius 3 is 2.60 bits per heavy atom. The molecule has 0 unspecified atom stereocenters. The largest absolute Gasteiger partial charge is 0.495 e. The van der Waals surface area contributed by atoms with E-state index in [1.165, 1.54) is 6.07 Å². The van der Waals surface area contributed by atoms with Crippen LogP contribution in [0.15, 0.2) is 48.5 Å². The third kappa shape index (κ3) is 3.57. The van der Waals surface area contributed by atoms with Gasteiger partial charge in [0.15, 0.2) is 0 Å². The molecule has 0 fully saturated rings. The van der Waals surface area contributed by atoms with Crippen LogP contribution in [0.4, 0.5) is 10.1 Å². The lowest BCUT2D eigenvalue weighted by Crippen LogP contribution is -2.13. The van der Waals surface area contributed by atoms with Crippen molar-refractivity contribution in [1.29, 1.82) is 0 Å². The Balaban J connectivity index is 1.95. The van der Waals surface area contributed by atoms with Crippen LogP contribution in [-0.2, 0) is 11.2 Å². The van der Waals surface area contributed by atoms with E-state index in [-0.39, 0.29) is 18.1 Å². The minimum atomic E-state index is -0.280. The van der Waals surface area contributed by atoms with Gasteiger partial charge in [0.1, 0.15) is 11.6 Å². The van der Waals surface area contributed by atoms with Gasteiger partial charge in [0.2, 0.25) is 5.91 Å². The highest BCUT2D eigenvalue weighted by molar-refractivity contribution is 5.92. The van der Waals surface area contributed by atoms with E-state index in [4.69, 9.17) is 4.74 Å². The van der Waals surface area contributed by atoms with E-state index in [1.807, 2.05) is 12.1 Å². The monoisotopic (exact) mass is 273 g/mol. The van der Waals surface area contributed by atoms with Crippen LogP contribution in [0.25, 0.3) is 0 Å². The van der Waals surface area contributed by atoms with Gasteiger partial charge >= 0.3 is 0 Å². The summed E-state index contributed by atoms with van der Waals surface area (Å²) >= 11 is 0. The normalized spacial score (nSPS) is 10.1. The van der Waals surface area contributed by atoms with E-state index in [0.717, 1.165) is 0 Å². The fourth-order valence-corrected chi connectivity index (χ4v) is 1.91. The molecule has 1 N–H and O–H groups in total. The van der Waals surface area contributed by atoms with Gasteiger partial charge in [-0.3, -0.25) is 4.79 Å². The molecule has 20 heavy (non-hydrogen) atoms. The maximum absolute atomic E-state index is 13.4. The molecule has 0 aliphatic heterocycles. The lowest BCUT2D eigenvalue weighted by Gasteiger charge is -2.09. The summed E-state index contributed by atoms with van der Waals surface area (Å²) in [6.07, 6.45) is 0.590. The van der Waals surface area contributed by atoms with Gasteiger partial charge in [0.25, 0.3) is 0 Å². The molecule has 3 nitrogen and oxygen atoms in total. The van der Waals surface area contributed by atoms with Crippen molar-refractivity contribution in [2.45, 2.75) is 12.8 Å². The number of ether oxygens (including phenoxy) is 1. The van der Waals surface area contributed by atoms with Gasteiger partial charge in [-0.25, -0.2) is 4.39 Å². The molecule has 0 radical (unpaired) electrons. The van der Waals surface area contributed by atoms with Crippen molar-refractivity contribution in [3.05, 3.63) is 59.9 Å². The average Bonchev–Trinajstić information content (AvgIpc) is 2.47. The summed E-state index contributed by atoms with van der Waals surface area (Å²) in [7, 11) is 1.55. The standard InChI is InChI=1S/C16H16FNO2/c1-20-15-9-5-4-8-14(15)18-16(19)11-10-12-6-2-3-7-13(12)17/h2-9H,10-11H2,1H3,(H,18,19). The maximum atomic E-state index is 13.4. The number of benzene rings is 2. The fraction of sp³-hybridized carbons (Fsp3) is 0.188. The van der Waals surface area contributed by atoms with Crippen molar-refractivity contribution < 1.29 is 13.9 Å². The molecular weight excluding hydrogens is 257 g/mol. The fourth-order valence-electron chi connectivity index (χ4n) is 1.91. The van der Waals surface area contributed by atoms with E-state index in [2.05, 4.69) is 5.32 Å². The van der Waals surface area contributed by atoms with Crippen LogP contribution in [-0.4, -0.2) is 13.0 Å². The first kappa shape index (κ1) is 14.1. The van der Waals surface area contributed by atoms with Crippen LogP contribution >= 0.6 is 0 Å². The van der Waals surface area contributed by atoms with Crippen LogP contribution in [0.2, 0.25) is 0 Å². The number of rotatable bonds is 5. The number of hydrogen-bond acceptors (Lipinski definition) is 2. The number of para-hydroxylation sites is 2. The highest BCUT2D eigenvalue weighted by atomic mass is 19.1. The van der Waals surface area contributed by atoms with Crippen molar-refractivity contribution in [3.8, 4) is 5.75 Å². The zero-order chi connectivity index (χ0) is 14.4. The molecule has 2 aromatic rings. The summed E-state index contributed by atoms with van der Waals surface area (Å²) < 4.78 is 18.6. The molecule has 0 saturated heterocycles. The number of halogens is 1. The SMILES string of the molecule is COc1ccccc1NC(=O)CCc1ccccc1F. The Labute approximate surface area is 117 Å². The molecule has 4 heteroatoms. The first-order valence-corrected chi connectivity index (χ1v) is 6.37. The quantitative estimate of drug-likeness (QED) is 0.906.